The highest BCUT2D eigenvalue weighted by Gasteiger charge is 2.18. The van der Waals surface area contributed by atoms with Gasteiger partial charge in [0.1, 0.15) is 0 Å². The number of nitriles is 1. The summed E-state index contributed by atoms with van der Waals surface area (Å²) >= 11 is 0. The number of nitrogens with zero attached hydrogens (tertiary/aromatic N) is 3. The molecule has 0 fully saturated rings. The van der Waals surface area contributed by atoms with E-state index in [0.717, 1.165) is 22.1 Å². The summed E-state index contributed by atoms with van der Waals surface area (Å²) in [5.74, 6) is 0. The topological polar surface area (TPSA) is 33.6 Å². The smallest absolute Gasteiger partial charge is 0.0991 e. The molecule has 0 unspecified atom stereocenters. The van der Waals surface area contributed by atoms with Crippen LogP contribution in [0.2, 0.25) is 0 Å². The quantitative estimate of drug-likeness (QED) is 0.183. The first-order valence-corrected chi connectivity index (χ1v) is 16.2. The van der Waals surface area contributed by atoms with Crippen molar-refractivity contribution in [3.63, 3.8) is 0 Å². The number of fused-ring (bicyclic) bond motifs is 9. The van der Waals surface area contributed by atoms with Gasteiger partial charge in [0.25, 0.3) is 0 Å². The molecule has 8 aromatic carbocycles. The van der Waals surface area contributed by atoms with Crippen LogP contribution < -0.4 is 0 Å². The van der Waals surface area contributed by atoms with Crippen molar-refractivity contribution < 1.29 is 0 Å². The molecule has 0 aliphatic carbocycles. The Balaban J connectivity index is 1.24. The summed E-state index contributed by atoms with van der Waals surface area (Å²) in [6.07, 6.45) is 0. The van der Waals surface area contributed by atoms with Gasteiger partial charge in [-0.3, -0.25) is 0 Å². The summed E-state index contributed by atoms with van der Waals surface area (Å²) < 4.78 is 4.82. The van der Waals surface area contributed by atoms with Gasteiger partial charge in [-0.15, -0.1) is 0 Å². The first kappa shape index (κ1) is 26.6. The van der Waals surface area contributed by atoms with Crippen LogP contribution in [0.4, 0.5) is 0 Å². The van der Waals surface area contributed by atoms with Crippen LogP contribution in [-0.2, 0) is 0 Å². The van der Waals surface area contributed by atoms with Crippen molar-refractivity contribution in [2.45, 2.75) is 0 Å². The maximum Gasteiger partial charge on any atom is 0.0991 e. The zero-order valence-electron chi connectivity index (χ0n) is 25.9. The molecule has 0 aliphatic rings. The normalized spacial score (nSPS) is 11.7. The second-order valence-electron chi connectivity index (χ2n) is 12.5. The van der Waals surface area contributed by atoms with Crippen molar-refractivity contribution >= 4 is 65.2 Å². The predicted molar refractivity (Wildman–Crippen MR) is 200 cm³/mol. The monoisotopic (exact) mass is 609 g/mol. The molecule has 222 valence electrons. The molecule has 10 aromatic rings. The Morgan fingerprint density at radius 1 is 0.396 bits per heavy atom. The molecule has 0 amide bonds. The van der Waals surface area contributed by atoms with Gasteiger partial charge in [-0.2, -0.15) is 5.26 Å². The van der Waals surface area contributed by atoms with Gasteiger partial charge in [-0.1, -0.05) is 109 Å². The summed E-state index contributed by atoms with van der Waals surface area (Å²) in [6, 6.07) is 60.9. The molecule has 0 aliphatic heterocycles. The van der Waals surface area contributed by atoms with Crippen LogP contribution in [0.1, 0.15) is 5.56 Å². The molecule has 0 N–H and O–H groups in total. The largest absolute Gasteiger partial charge is 0.309 e. The zero-order chi connectivity index (χ0) is 31.8. The van der Waals surface area contributed by atoms with E-state index in [-0.39, 0.29) is 0 Å². The standard InChI is InChI=1S/C45H27N3/c46-28-29-17-22-35-30(25-29)18-19-31-26-34(21-24-36(31)35)47-42-15-6-4-11-38(42)40-23-20-32(27-44(40)47)37-13-8-14-41-39-12-5-7-16-43(39)48(45(37)41)33-9-2-1-3-10-33/h1-27H. The van der Waals surface area contributed by atoms with Gasteiger partial charge in [0, 0.05) is 38.5 Å². The van der Waals surface area contributed by atoms with E-state index < -0.39 is 0 Å². The fourth-order valence-corrected chi connectivity index (χ4v) is 7.78. The summed E-state index contributed by atoms with van der Waals surface area (Å²) in [5.41, 5.74) is 10.1. The SMILES string of the molecule is N#Cc1ccc2c(ccc3cc(-n4c5ccccc5c5ccc(-c6cccc7c8ccccc8n(-c8ccccc8)c67)cc54)ccc32)c1. The van der Waals surface area contributed by atoms with Crippen LogP contribution in [0.5, 0.6) is 0 Å². The fraction of sp³-hybridized carbons (Fsp3) is 0. The van der Waals surface area contributed by atoms with Crippen molar-refractivity contribution in [2.24, 2.45) is 0 Å². The molecule has 10 rings (SSSR count). The average Bonchev–Trinajstić information content (AvgIpc) is 3.67. The van der Waals surface area contributed by atoms with Crippen LogP contribution >= 0.6 is 0 Å². The Bertz CT molecular complexity index is 2950. The average molecular weight is 610 g/mol. The first-order valence-electron chi connectivity index (χ1n) is 16.2. The van der Waals surface area contributed by atoms with Gasteiger partial charge in [-0.25, -0.2) is 0 Å². The maximum absolute atomic E-state index is 9.41. The second kappa shape index (κ2) is 10.2. The van der Waals surface area contributed by atoms with Gasteiger partial charge < -0.3 is 9.13 Å². The van der Waals surface area contributed by atoms with Crippen LogP contribution in [0.3, 0.4) is 0 Å². The van der Waals surface area contributed by atoms with Crippen molar-refractivity contribution in [2.75, 3.05) is 0 Å². The van der Waals surface area contributed by atoms with Gasteiger partial charge in [0.2, 0.25) is 0 Å². The van der Waals surface area contributed by atoms with E-state index in [0.29, 0.717) is 5.56 Å². The van der Waals surface area contributed by atoms with E-state index in [2.05, 4.69) is 167 Å². The Hall–Kier alpha value is -6.63. The Labute approximate surface area is 276 Å². The Kier molecular flexibility index (Phi) is 5.64. The van der Waals surface area contributed by atoms with E-state index in [1.165, 1.54) is 65.5 Å². The first-order chi connectivity index (χ1) is 23.8. The number of para-hydroxylation sites is 4. The molecule has 3 nitrogen and oxygen atoms in total. The Morgan fingerprint density at radius 3 is 1.81 bits per heavy atom. The van der Waals surface area contributed by atoms with Crippen molar-refractivity contribution in [3.05, 3.63) is 169 Å². The van der Waals surface area contributed by atoms with Crippen LogP contribution in [0.15, 0.2) is 164 Å². The van der Waals surface area contributed by atoms with E-state index in [4.69, 9.17) is 0 Å². The number of aromatic nitrogens is 2. The van der Waals surface area contributed by atoms with Gasteiger partial charge in [0.15, 0.2) is 0 Å². The minimum atomic E-state index is 0.680. The highest BCUT2D eigenvalue weighted by Crippen LogP contribution is 2.41. The van der Waals surface area contributed by atoms with Crippen LogP contribution in [0, 0.1) is 11.3 Å². The lowest BCUT2D eigenvalue weighted by Gasteiger charge is -2.13. The number of hydrogen-bond donors (Lipinski definition) is 0. The van der Waals surface area contributed by atoms with Crippen molar-refractivity contribution in [3.8, 4) is 28.6 Å². The second-order valence-corrected chi connectivity index (χ2v) is 12.5. The summed E-state index contributed by atoms with van der Waals surface area (Å²) in [7, 11) is 0. The fourth-order valence-electron chi connectivity index (χ4n) is 7.78. The van der Waals surface area contributed by atoms with E-state index in [9.17, 15) is 5.26 Å². The summed E-state index contributed by atoms with van der Waals surface area (Å²) in [4.78, 5) is 0. The number of rotatable bonds is 3. The van der Waals surface area contributed by atoms with E-state index in [1.807, 2.05) is 12.1 Å². The highest BCUT2D eigenvalue weighted by molar-refractivity contribution is 6.16. The molecule has 0 radical (unpaired) electrons. The number of hydrogen-bond acceptors (Lipinski definition) is 1. The molecular formula is C45H27N3. The molecule has 2 heterocycles. The van der Waals surface area contributed by atoms with Crippen molar-refractivity contribution in [1.29, 1.82) is 5.26 Å². The summed E-state index contributed by atoms with van der Waals surface area (Å²) in [5, 5.41) is 19.0. The van der Waals surface area contributed by atoms with Gasteiger partial charge in [0.05, 0.1) is 33.7 Å². The molecule has 0 saturated carbocycles. The Morgan fingerprint density at radius 2 is 1.02 bits per heavy atom. The third-order valence-electron chi connectivity index (χ3n) is 9.90. The molecule has 2 aromatic heterocycles. The molecule has 0 atom stereocenters. The minimum Gasteiger partial charge on any atom is -0.309 e. The molecular weight excluding hydrogens is 583 g/mol. The highest BCUT2D eigenvalue weighted by atomic mass is 15.0. The van der Waals surface area contributed by atoms with Crippen molar-refractivity contribution in [1.82, 2.24) is 9.13 Å². The van der Waals surface area contributed by atoms with E-state index in [1.54, 1.807) is 0 Å². The lowest BCUT2D eigenvalue weighted by atomic mass is 9.99. The zero-order valence-corrected chi connectivity index (χ0v) is 25.9. The third-order valence-corrected chi connectivity index (χ3v) is 9.90. The predicted octanol–water partition coefficient (Wildman–Crippen LogP) is 11.7. The lowest BCUT2D eigenvalue weighted by molar-refractivity contribution is 1.18. The number of benzene rings is 8. The lowest BCUT2D eigenvalue weighted by Crippen LogP contribution is -1.96. The van der Waals surface area contributed by atoms with Gasteiger partial charge >= 0.3 is 0 Å². The minimum absolute atomic E-state index is 0.680. The molecule has 3 heteroatoms. The van der Waals surface area contributed by atoms with E-state index >= 15 is 0 Å². The third kappa shape index (κ3) is 3.81. The molecule has 0 bridgehead atoms. The molecule has 48 heavy (non-hydrogen) atoms. The van der Waals surface area contributed by atoms with Gasteiger partial charge in [-0.05, 0) is 81.7 Å². The van der Waals surface area contributed by atoms with Crippen LogP contribution in [0.25, 0.3) is 87.7 Å². The van der Waals surface area contributed by atoms with Crippen LogP contribution in [-0.4, -0.2) is 9.13 Å². The summed E-state index contributed by atoms with van der Waals surface area (Å²) in [6.45, 7) is 0. The molecule has 0 saturated heterocycles. The molecule has 0 spiro atoms. The maximum atomic E-state index is 9.41.